The third-order valence-electron chi connectivity index (χ3n) is 5.45. The average molecular weight is 433 g/mol. The molecule has 1 fully saturated rings. The number of benzene rings is 1. The molecule has 0 bridgehead atoms. The maximum absolute atomic E-state index is 13.0. The van der Waals surface area contributed by atoms with Gasteiger partial charge in [0.1, 0.15) is 22.9 Å². The molecule has 0 radical (unpaired) electrons. The minimum atomic E-state index is -1.23. The van der Waals surface area contributed by atoms with E-state index in [1.54, 1.807) is 27.9 Å². The minimum absolute atomic E-state index is 0.277. The van der Waals surface area contributed by atoms with Crippen molar-refractivity contribution in [3.05, 3.63) is 41.1 Å². The van der Waals surface area contributed by atoms with Gasteiger partial charge in [0, 0.05) is 31.1 Å². The molecule has 1 aliphatic heterocycles. The third-order valence-corrected chi connectivity index (χ3v) is 6.85. The molecule has 1 N–H and O–H groups in total. The highest BCUT2D eigenvalue weighted by atomic mass is 32.2. The van der Waals surface area contributed by atoms with Crippen molar-refractivity contribution in [2.45, 2.75) is 45.7 Å². The normalized spacial score (nSPS) is 18.4. The number of carboxylic acids is 1. The highest BCUT2D eigenvalue weighted by molar-refractivity contribution is 7.85. The molecule has 9 heteroatoms. The van der Waals surface area contributed by atoms with Crippen molar-refractivity contribution in [1.29, 1.82) is 0 Å². The Bertz CT molecular complexity index is 1000. The zero-order valence-electron chi connectivity index (χ0n) is 17.6. The fourth-order valence-corrected chi connectivity index (χ4v) is 4.69. The quantitative estimate of drug-likeness (QED) is 0.726. The Labute approximate surface area is 178 Å². The van der Waals surface area contributed by atoms with E-state index in [1.165, 1.54) is 4.90 Å². The van der Waals surface area contributed by atoms with Gasteiger partial charge in [-0.3, -0.25) is 4.79 Å². The fourth-order valence-electron chi connectivity index (χ4n) is 3.78. The van der Waals surface area contributed by atoms with Gasteiger partial charge in [-0.2, -0.15) is 0 Å². The second kappa shape index (κ2) is 9.53. The molecule has 2 atom stereocenters. The first kappa shape index (κ1) is 22.2. The zero-order chi connectivity index (χ0) is 21.8. The Kier molecular flexibility index (Phi) is 7.04. The van der Waals surface area contributed by atoms with Crippen LogP contribution < -0.4 is 0 Å². The largest absolute Gasteiger partial charge is 0.480 e. The van der Waals surface area contributed by atoms with E-state index in [1.807, 2.05) is 31.5 Å². The predicted octanol–water partition coefficient (Wildman–Crippen LogP) is 2.67. The first-order valence-electron chi connectivity index (χ1n) is 10.1. The Morgan fingerprint density at radius 2 is 2.13 bits per heavy atom. The average Bonchev–Trinajstić information content (AvgIpc) is 3.06. The lowest BCUT2D eigenvalue weighted by Crippen LogP contribution is -2.47. The lowest BCUT2D eigenvalue weighted by Gasteiger charge is -2.33. The number of aryl methyl sites for hydroxylation is 1. The molecule has 8 nitrogen and oxygen atoms in total. The summed E-state index contributed by atoms with van der Waals surface area (Å²) in [6.07, 6.45) is 3.86. The molecular formula is C21H28N4O4S. The number of carbonyl (C=O) groups is 2. The van der Waals surface area contributed by atoms with Gasteiger partial charge in [-0.25, -0.2) is 18.3 Å². The predicted molar refractivity (Wildman–Crippen MR) is 116 cm³/mol. The Morgan fingerprint density at radius 1 is 1.37 bits per heavy atom. The van der Waals surface area contributed by atoms with Gasteiger partial charge in [0.05, 0.1) is 17.6 Å². The van der Waals surface area contributed by atoms with Crippen LogP contribution in [-0.4, -0.2) is 59.1 Å². The number of piperidine rings is 1. The number of carboxylic acid groups (broad SMARTS) is 1. The molecule has 2 heterocycles. The number of likely N-dealkylation sites (tertiary alicyclic amines) is 1. The summed E-state index contributed by atoms with van der Waals surface area (Å²) in [6, 6.07) is 4.49. The van der Waals surface area contributed by atoms with Gasteiger partial charge in [0.2, 0.25) is 0 Å². The van der Waals surface area contributed by atoms with Gasteiger partial charge in [0.15, 0.2) is 0 Å². The molecule has 30 heavy (non-hydrogen) atoms. The molecule has 0 saturated carbocycles. The smallest absolute Gasteiger partial charge is 0.326 e. The number of amides is 1. The van der Waals surface area contributed by atoms with Crippen molar-refractivity contribution in [3.63, 3.8) is 0 Å². The summed E-state index contributed by atoms with van der Waals surface area (Å²) in [5.74, 6) is -0.491. The molecule has 0 spiro atoms. The van der Waals surface area contributed by atoms with Gasteiger partial charge >= 0.3 is 5.97 Å². The van der Waals surface area contributed by atoms with Crippen molar-refractivity contribution in [1.82, 2.24) is 18.8 Å². The fraction of sp³-hybridized carbons (Fsp3) is 0.476. The summed E-state index contributed by atoms with van der Waals surface area (Å²) in [5, 5.41) is 11.1. The zero-order valence-corrected chi connectivity index (χ0v) is 18.4. The van der Waals surface area contributed by atoms with E-state index in [4.69, 9.17) is 0 Å². The molecule has 1 saturated heterocycles. The number of allylic oxidation sites excluding steroid dienone is 1. The minimum Gasteiger partial charge on any atom is -0.480 e. The monoisotopic (exact) mass is 432 g/mol. The molecule has 1 aromatic carbocycles. The van der Waals surface area contributed by atoms with Crippen LogP contribution in [0.1, 0.15) is 49.3 Å². The molecule has 1 aliphatic rings. The van der Waals surface area contributed by atoms with E-state index in [0.717, 1.165) is 24.2 Å². The number of hydrogen-bond acceptors (Lipinski definition) is 4. The van der Waals surface area contributed by atoms with Crippen molar-refractivity contribution in [3.8, 4) is 0 Å². The molecule has 3 rings (SSSR count). The van der Waals surface area contributed by atoms with Crippen molar-refractivity contribution in [2.24, 2.45) is 7.05 Å². The highest BCUT2D eigenvalue weighted by Gasteiger charge is 2.32. The van der Waals surface area contributed by atoms with Gasteiger partial charge in [-0.1, -0.05) is 13.0 Å². The Hall–Kier alpha value is -2.52. The lowest BCUT2D eigenvalue weighted by atomic mass is 10.0. The van der Waals surface area contributed by atoms with Gasteiger partial charge in [-0.05, 0) is 44.4 Å². The maximum Gasteiger partial charge on any atom is 0.326 e. The van der Waals surface area contributed by atoms with Crippen molar-refractivity contribution >= 4 is 33.9 Å². The van der Waals surface area contributed by atoms with E-state index < -0.39 is 23.0 Å². The molecule has 0 aliphatic carbocycles. The summed E-state index contributed by atoms with van der Waals surface area (Å²) >= 11 is 0. The molecule has 1 aromatic heterocycles. The highest BCUT2D eigenvalue weighted by Crippen LogP contribution is 2.23. The van der Waals surface area contributed by atoms with Crippen LogP contribution in [-0.2, 0) is 29.4 Å². The van der Waals surface area contributed by atoms with E-state index in [-0.39, 0.29) is 5.91 Å². The first-order chi connectivity index (χ1) is 14.4. The molecule has 2 unspecified atom stereocenters. The number of aromatic nitrogens is 2. The van der Waals surface area contributed by atoms with Crippen LogP contribution in [0, 0.1) is 0 Å². The topological polar surface area (TPSA) is 95.7 Å². The first-order valence-corrected chi connectivity index (χ1v) is 11.3. The van der Waals surface area contributed by atoms with Crippen LogP contribution in [0.4, 0.5) is 0 Å². The number of carbonyl (C=O) groups excluding carboxylic acids is 1. The summed E-state index contributed by atoms with van der Waals surface area (Å²) in [6.45, 7) is 5.24. The second-order valence-corrected chi connectivity index (χ2v) is 8.68. The number of hydrogen-bond donors (Lipinski definition) is 1. The van der Waals surface area contributed by atoms with Crippen LogP contribution in [0.15, 0.2) is 29.7 Å². The third kappa shape index (κ3) is 4.46. The van der Waals surface area contributed by atoms with Crippen LogP contribution in [0.2, 0.25) is 0 Å². The van der Waals surface area contributed by atoms with Crippen LogP contribution in [0.5, 0.6) is 0 Å². The Balaban J connectivity index is 1.88. The maximum atomic E-state index is 13.0. The SMILES string of the molecule is C/C=C/S(=O)N(CC)Cc1nc2cc(C(=O)N3CCCCC3C(=O)O)ccc2n1C. The van der Waals surface area contributed by atoms with E-state index in [9.17, 15) is 18.9 Å². The molecule has 1 amide bonds. The van der Waals surface area contributed by atoms with Gasteiger partial charge < -0.3 is 14.6 Å². The second-order valence-electron chi connectivity index (χ2n) is 7.34. The molecular weight excluding hydrogens is 404 g/mol. The van der Waals surface area contributed by atoms with Crippen molar-refractivity contribution < 1.29 is 18.9 Å². The number of rotatable bonds is 7. The van der Waals surface area contributed by atoms with Crippen molar-refractivity contribution in [2.75, 3.05) is 13.1 Å². The van der Waals surface area contributed by atoms with E-state index >= 15 is 0 Å². The summed E-state index contributed by atoms with van der Waals surface area (Å²) in [7, 11) is 0.664. The van der Waals surface area contributed by atoms with Crippen LogP contribution in [0.3, 0.4) is 0 Å². The summed E-state index contributed by atoms with van der Waals surface area (Å²) < 4.78 is 16.1. The summed E-state index contributed by atoms with van der Waals surface area (Å²) in [4.78, 5) is 30.7. The number of fused-ring (bicyclic) bond motifs is 1. The number of nitrogens with zero attached hydrogens (tertiary/aromatic N) is 4. The standard InChI is InChI=1S/C21H28N4O4S/c1-4-12-30(29)24(5-2)14-19-22-16-13-15(9-10-17(16)23(19)3)20(26)25-11-7-6-8-18(25)21(27)28/h4,9-10,12-13,18H,5-8,11,14H2,1-3H3,(H,27,28)/b12-4+. The van der Waals surface area contributed by atoms with Gasteiger partial charge in [-0.15, -0.1) is 0 Å². The van der Waals surface area contributed by atoms with Gasteiger partial charge in [0.25, 0.3) is 5.91 Å². The lowest BCUT2D eigenvalue weighted by molar-refractivity contribution is -0.143. The summed E-state index contributed by atoms with van der Waals surface area (Å²) in [5.41, 5.74) is 1.96. The molecule has 162 valence electrons. The number of imidazole rings is 1. The number of aliphatic carboxylic acids is 1. The van der Waals surface area contributed by atoms with Crippen LogP contribution in [0.25, 0.3) is 11.0 Å². The molecule has 2 aromatic rings. The van der Waals surface area contributed by atoms with E-state index in [0.29, 0.717) is 37.1 Å². The van der Waals surface area contributed by atoms with E-state index in [2.05, 4.69) is 4.98 Å². The Morgan fingerprint density at radius 3 is 2.80 bits per heavy atom. The van der Waals surface area contributed by atoms with Crippen LogP contribution >= 0.6 is 0 Å².